The Kier molecular flexibility index (Phi) is 32.3. The number of ether oxygens (including phenoxy) is 3. The minimum absolute atomic E-state index is 0.0560. The van der Waals surface area contributed by atoms with E-state index in [1.807, 2.05) is 248 Å². The van der Waals surface area contributed by atoms with Gasteiger partial charge < -0.3 is 59.8 Å². The van der Waals surface area contributed by atoms with Crippen molar-refractivity contribution in [2.24, 2.45) is 0 Å². The molecule has 0 aliphatic carbocycles. The van der Waals surface area contributed by atoms with Gasteiger partial charge in [-0.3, -0.25) is 43.5 Å². The highest BCUT2D eigenvalue weighted by atomic mass is 79.9. The third-order valence-corrected chi connectivity index (χ3v) is 31.7. The van der Waals surface area contributed by atoms with Gasteiger partial charge >= 0.3 is 0 Å². The van der Waals surface area contributed by atoms with Gasteiger partial charge in [-0.05, 0) is 186 Å². The average molecular weight is 2000 g/mol. The molecule has 0 bridgehead atoms. The lowest BCUT2D eigenvalue weighted by molar-refractivity contribution is -0.132. The zero-order valence-corrected chi connectivity index (χ0v) is 81.7. The fourth-order valence-electron chi connectivity index (χ4n) is 19.0. The van der Waals surface area contributed by atoms with Crippen molar-refractivity contribution >= 4 is 177 Å². The first-order chi connectivity index (χ1) is 64.0. The van der Waals surface area contributed by atoms with Crippen LogP contribution in [0.25, 0.3) is 32.7 Å². The van der Waals surface area contributed by atoms with Crippen LogP contribution in [0.5, 0.6) is 0 Å². The predicted octanol–water partition coefficient (Wildman–Crippen LogP) is 20.5. The maximum atomic E-state index is 14.6. The highest BCUT2D eigenvalue weighted by Crippen LogP contribution is 2.60. The van der Waals surface area contributed by atoms with Crippen LogP contribution in [0.2, 0.25) is 25.1 Å². The van der Waals surface area contributed by atoms with E-state index in [9.17, 15) is 28.8 Å². The normalized spacial score (nSPS) is 21.3. The summed E-state index contributed by atoms with van der Waals surface area (Å²) in [5.41, 5.74) is 9.34. The van der Waals surface area contributed by atoms with Gasteiger partial charge in [-0.15, -0.1) is 35.3 Å². The summed E-state index contributed by atoms with van der Waals surface area (Å²) < 4.78 is 14.0. The first-order valence-electron chi connectivity index (χ1n) is 45.0. The SMILES string of the molecule is C[C@@H](c1ccc(Cl)cc1)N1C(=O)C[C@@](Sc2ccccc2)(C(=O)NCCCN2CCOCC2)[C@@H]1c1c[nH]c2cc(Cl)ccc12.C[C@@H](c1ccc(Cl)cc1)N1C(=O)C[C@](Sc2ccccc2)(C(=O)NCCCN2CCOCC2)[C@@H]1c1c[nH]c2cc(Cl)ccc12.Cc1ccc(S[C@@]2(C(=O)NCCCN3CCOCC3)CC(=O)N(Cc3ccc(Cl)cc3)[C@H]2c2c[nH]c3cc(Br)ccc23)cc1. The molecule has 3 aromatic heterocycles. The minimum Gasteiger partial charge on any atom is -0.379 e. The number of likely N-dealkylation sites (tertiary alicyclic amines) is 3. The van der Waals surface area contributed by atoms with E-state index in [4.69, 9.17) is 72.2 Å². The van der Waals surface area contributed by atoms with Crippen LogP contribution in [0.15, 0.2) is 250 Å². The standard InChI is InChI=1S/C34H36BrClN4O3S.2C34H36Cl2N4O3S/c1-23-3-10-27(11-4-23)44-34(33(42)37-13-2-14-39-15-17-43-18-16-39)20-31(41)40(22-24-5-8-26(36)9-6-24)32(34)29-21-38-30-19-25(35)7-12-28(29)30;2*1-23(24-8-10-25(35)11-9-24)40-31(41)21-34(44-27-6-3-2-4-7-27,33(42)37-14-5-15-39-16-18-43-19-17-39)32(40)29-22-38-30-20-26(36)12-13-28(29)30/h3-12,19,21,32,38H,2,13-18,20,22H2,1H3,(H,37,42);2*2-4,6-13,20,22-23,32,38H,5,14-19,21H2,1H3,(H,37,42)/t32-,34-;23-,32-,34+;23-,32-,34-/m000/s1. The monoisotopic (exact) mass is 1990 g/mol. The summed E-state index contributed by atoms with van der Waals surface area (Å²) in [5, 5.41) is 15.8. The second-order valence-electron chi connectivity index (χ2n) is 34.3. The summed E-state index contributed by atoms with van der Waals surface area (Å²) >= 11 is 39.3. The van der Waals surface area contributed by atoms with E-state index in [0.717, 1.165) is 209 Å². The number of aromatic nitrogens is 3. The molecule has 6 saturated heterocycles. The topological polar surface area (TPSA) is 233 Å². The molecule has 21 nitrogen and oxygen atoms in total. The van der Waals surface area contributed by atoms with E-state index < -0.39 is 32.4 Å². The maximum Gasteiger partial charge on any atom is 0.239 e. The Bertz CT molecular complexity index is 5750. The van der Waals surface area contributed by atoms with Gasteiger partial charge in [0, 0.05) is 178 Å². The number of carbonyl (C=O) groups is 6. The molecule has 6 fully saturated rings. The van der Waals surface area contributed by atoms with E-state index in [0.29, 0.717) is 51.3 Å². The van der Waals surface area contributed by atoms with Crippen molar-refractivity contribution in [1.82, 2.24) is 60.3 Å². The number of aromatic amines is 3. The largest absolute Gasteiger partial charge is 0.379 e. The minimum atomic E-state index is -1.13. The molecule has 9 aromatic carbocycles. The molecule has 18 rings (SSSR count). The molecule has 9 heterocycles. The van der Waals surface area contributed by atoms with Crippen LogP contribution in [0, 0.1) is 6.92 Å². The molecular weight excluding hydrogens is 1890 g/mol. The van der Waals surface area contributed by atoms with Gasteiger partial charge in [-0.2, -0.15) is 0 Å². The number of aryl methyl sites for hydroxylation is 1. The first kappa shape index (κ1) is 96.3. The second-order valence-corrected chi connectivity index (χ2v) is 41.7. The molecule has 6 aliphatic rings. The number of amides is 6. The smallest absolute Gasteiger partial charge is 0.239 e. The van der Waals surface area contributed by atoms with Crippen molar-refractivity contribution in [2.75, 3.05) is 118 Å². The number of nitrogens with one attached hydrogen (secondary N) is 6. The number of H-pyrrole nitrogens is 3. The molecule has 12 aromatic rings. The number of carbonyl (C=O) groups excluding carboxylic acids is 6. The number of nitrogens with zero attached hydrogens (tertiary/aromatic N) is 6. The van der Waals surface area contributed by atoms with Gasteiger partial charge in [-0.25, -0.2) is 0 Å². The lowest BCUT2D eigenvalue weighted by Crippen LogP contribution is -2.49. The molecular formula is C102H108BrCl5N12O9S3. The lowest BCUT2D eigenvalue weighted by Gasteiger charge is -2.39. The van der Waals surface area contributed by atoms with E-state index in [2.05, 4.69) is 79.7 Å². The molecule has 0 saturated carbocycles. The number of halogens is 6. The lowest BCUT2D eigenvalue weighted by atomic mass is 9.90. The Morgan fingerprint density at radius 3 is 1.14 bits per heavy atom. The summed E-state index contributed by atoms with van der Waals surface area (Å²) in [6, 6.07) is 65.8. The summed E-state index contributed by atoms with van der Waals surface area (Å²) in [6.45, 7) is 20.6. The number of thioether (sulfide) groups is 3. The van der Waals surface area contributed by atoms with Gasteiger partial charge in [0.2, 0.25) is 35.4 Å². The predicted molar refractivity (Wildman–Crippen MR) is 535 cm³/mol. The van der Waals surface area contributed by atoms with Gasteiger partial charge in [0.05, 0.1) is 89.1 Å². The van der Waals surface area contributed by atoms with Crippen molar-refractivity contribution in [3.63, 3.8) is 0 Å². The number of hydrogen-bond donors (Lipinski definition) is 6. The zero-order chi connectivity index (χ0) is 92.0. The quantitative estimate of drug-likeness (QED) is 0.0230. The van der Waals surface area contributed by atoms with Gasteiger partial charge in [0.15, 0.2) is 0 Å². The molecule has 132 heavy (non-hydrogen) atoms. The third-order valence-electron chi connectivity index (χ3n) is 25.7. The van der Waals surface area contributed by atoms with E-state index >= 15 is 0 Å². The Morgan fingerprint density at radius 2 is 0.750 bits per heavy atom. The van der Waals surface area contributed by atoms with Crippen LogP contribution >= 0.6 is 109 Å². The van der Waals surface area contributed by atoms with Crippen molar-refractivity contribution in [2.45, 2.75) is 125 Å². The van der Waals surface area contributed by atoms with E-state index in [1.165, 1.54) is 35.3 Å². The molecule has 8 atom stereocenters. The highest BCUT2D eigenvalue weighted by Gasteiger charge is 2.63. The number of hydrogen-bond acceptors (Lipinski definition) is 15. The fraction of sp³-hybridized carbons (Fsp3) is 0.353. The van der Waals surface area contributed by atoms with Crippen molar-refractivity contribution in [3.05, 3.63) is 299 Å². The van der Waals surface area contributed by atoms with Gasteiger partial charge in [-0.1, -0.05) is 183 Å². The van der Waals surface area contributed by atoms with E-state index in [-0.39, 0.29) is 66.8 Å². The van der Waals surface area contributed by atoms with Crippen molar-refractivity contribution in [3.8, 4) is 0 Å². The van der Waals surface area contributed by atoms with Gasteiger partial charge in [0.25, 0.3) is 0 Å². The van der Waals surface area contributed by atoms with Crippen LogP contribution in [0.1, 0.15) is 122 Å². The van der Waals surface area contributed by atoms with Crippen LogP contribution in [0.4, 0.5) is 0 Å². The van der Waals surface area contributed by atoms with Crippen LogP contribution in [0.3, 0.4) is 0 Å². The number of benzene rings is 9. The molecule has 30 heteroatoms. The molecule has 6 N–H and O–H groups in total. The number of rotatable bonds is 30. The fourth-order valence-corrected chi connectivity index (χ4v) is 24.3. The van der Waals surface area contributed by atoms with Crippen molar-refractivity contribution < 1.29 is 43.0 Å². The van der Waals surface area contributed by atoms with E-state index in [1.54, 1.807) is 0 Å². The molecule has 6 aliphatic heterocycles. The Labute approximate surface area is 816 Å². The Morgan fingerprint density at radius 1 is 0.417 bits per heavy atom. The Balaban J connectivity index is 0.000000144. The summed E-state index contributed by atoms with van der Waals surface area (Å²) in [6.07, 6.45) is 8.48. The molecule has 6 amide bonds. The number of morpholine rings is 3. The second kappa shape index (κ2) is 44.3. The van der Waals surface area contributed by atoms with Crippen LogP contribution in [-0.2, 0) is 49.5 Å². The third kappa shape index (κ3) is 22.3. The zero-order valence-electron chi connectivity index (χ0n) is 73.9. The molecule has 0 unspecified atom stereocenters. The van der Waals surface area contributed by atoms with Crippen LogP contribution < -0.4 is 16.0 Å². The molecule has 0 radical (unpaired) electrons. The molecule has 0 spiro atoms. The number of fused-ring (bicyclic) bond motifs is 3. The summed E-state index contributed by atoms with van der Waals surface area (Å²) in [4.78, 5) is 112. The highest BCUT2D eigenvalue weighted by molar-refractivity contribution is 9.10. The van der Waals surface area contributed by atoms with Crippen molar-refractivity contribution in [1.29, 1.82) is 0 Å². The van der Waals surface area contributed by atoms with Gasteiger partial charge in [0.1, 0.15) is 14.2 Å². The molecule has 690 valence electrons. The summed E-state index contributed by atoms with van der Waals surface area (Å²) in [7, 11) is 0. The van der Waals surface area contributed by atoms with Crippen LogP contribution in [-0.4, -0.2) is 212 Å². The maximum absolute atomic E-state index is 14.6. The first-order valence-corrected chi connectivity index (χ1v) is 50.1. The Hall–Kier alpha value is -8.84. The average Bonchev–Trinajstić information content (AvgIpc) is 1.56. The summed E-state index contributed by atoms with van der Waals surface area (Å²) in [5.74, 6) is -0.602.